The number of ether oxygens (including phenoxy) is 3. The summed E-state index contributed by atoms with van der Waals surface area (Å²) in [5.41, 5.74) is 1.26. The predicted molar refractivity (Wildman–Crippen MR) is 106 cm³/mol. The Balaban J connectivity index is 1.56. The molecular formula is C22H21FN2O4. The molecule has 29 heavy (non-hydrogen) atoms. The van der Waals surface area contributed by atoms with Crippen LogP contribution in [0, 0.1) is 5.82 Å². The molecule has 0 fully saturated rings. The highest BCUT2D eigenvalue weighted by atomic mass is 19.1. The van der Waals surface area contributed by atoms with Crippen molar-refractivity contribution >= 4 is 5.91 Å². The molecule has 6 nitrogen and oxygen atoms in total. The Morgan fingerprint density at radius 3 is 2.38 bits per heavy atom. The molecule has 0 aliphatic heterocycles. The quantitative estimate of drug-likeness (QED) is 0.554. The summed E-state index contributed by atoms with van der Waals surface area (Å²) in [4.78, 5) is 16.6. The van der Waals surface area contributed by atoms with E-state index < -0.39 is 0 Å². The molecule has 1 N–H and O–H groups in total. The summed E-state index contributed by atoms with van der Waals surface area (Å²) in [6.45, 7) is 1.05. The average Bonchev–Trinajstić information content (AvgIpc) is 2.75. The molecule has 1 amide bonds. The second kappa shape index (κ2) is 10.2. The van der Waals surface area contributed by atoms with E-state index in [-0.39, 0.29) is 17.6 Å². The van der Waals surface area contributed by atoms with E-state index in [9.17, 15) is 9.18 Å². The fourth-order valence-corrected chi connectivity index (χ4v) is 2.49. The predicted octanol–water partition coefficient (Wildman–Crippen LogP) is 3.97. The van der Waals surface area contributed by atoms with Crippen LogP contribution >= 0.6 is 0 Å². The first-order valence-electron chi connectivity index (χ1n) is 9.03. The maximum atomic E-state index is 12.9. The minimum Gasteiger partial charge on any atom is -0.475 e. The number of halogens is 1. The maximum Gasteiger partial charge on any atom is 0.257 e. The summed E-state index contributed by atoms with van der Waals surface area (Å²) in [6.07, 6.45) is 1.57. The maximum absolute atomic E-state index is 12.9. The molecular weight excluding hydrogens is 375 g/mol. The highest BCUT2D eigenvalue weighted by molar-refractivity contribution is 5.96. The molecule has 0 bridgehead atoms. The smallest absolute Gasteiger partial charge is 0.257 e. The Kier molecular flexibility index (Phi) is 7.13. The summed E-state index contributed by atoms with van der Waals surface area (Å²) in [7, 11) is 1.57. The van der Waals surface area contributed by atoms with Crippen LogP contribution in [-0.4, -0.2) is 31.2 Å². The van der Waals surface area contributed by atoms with Crippen molar-refractivity contribution in [2.24, 2.45) is 0 Å². The molecule has 0 saturated carbocycles. The largest absolute Gasteiger partial charge is 0.475 e. The number of nitrogens with zero attached hydrogens (tertiary/aromatic N) is 1. The number of nitrogens with one attached hydrogen (secondary N) is 1. The van der Waals surface area contributed by atoms with Crippen molar-refractivity contribution in [2.75, 3.05) is 20.3 Å². The van der Waals surface area contributed by atoms with Gasteiger partial charge in [0.2, 0.25) is 5.88 Å². The van der Waals surface area contributed by atoms with Crippen LogP contribution < -0.4 is 14.8 Å². The van der Waals surface area contributed by atoms with Crippen molar-refractivity contribution in [3.63, 3.8) is 0 Å². The Morgan fingerprint density at radius 1 is 1.00 bits per heavy atom. The Hall–Kier alpha value is -3.45. The second-order valence-electron chi connectivity index (χ2n) is 6.08. The van der Waals surface area contributed by atoms with Crippen molar-refractivity contribution in [3.05, 3.63) is 83.8 Å². The monoisotopic (exact) mass is 396 g/mol. The number of carbonyl (C=O) groups excluding carboxylic acids is 1. The highest BCUT2D eigenvalue weighted by Gasteiger charge is 2.13. The van der Waals surface area contributed by atoms with E-state index in [0.29, 0.717) is 36.8 Å². The van der Waals surface area contributed by atoms with Crippen LogP contribution in [0.25, 0.3) is 0 Å². The lowest BCUT2D eigenvalue weighted by atomic mass is 10.2. The van der Waals surface area contributed by atoms with Crippen LogP contribution in [0.5, 0.6) is 17.4 Å². The first-order valence-corrected chi connectivity index (χ1v) is 9.03. The molecule has 0 atom stereocenters. The molecule has 0 unspecified atom stereocenters. The average molecular weight is 396 g/mol. The minimum atomic E-state index is -0.315. The van der Waals surface area contributed by atoms with Crippen molar-refractivity contribution in [3.8, 4) is 17.4 Å². The minimum absolute atomic E-state index is 0.269. The third kappa shape index (κ3) is 6.02. The molecule has 0 aliphatic rings. The summed E-state index contributed by atoms with van der Waals surface area (Å²) in [5, 5.41) is 2.85. The lowest BCUT2D eigenvalue weighted by Gasteiger charge is -2.11. The molecule has 0 radical (unpaired) electrons. The van der Waals surface area contributed by atoms with Gasteiger partial charge >= 0.3 is 0 Å². The number of pyridine rings is 1. The van der Waals surface area contributed by atoms with E-state index in [1.165, 1.54) is 12.1 Å². The molecule has 0 aliphatic carbocycles. The molecule has 1 aromatic heterocycles. The molecule has 3 rings (SSSR count). The van der Waals surface area contributed by atoms with Crippen molar-refractivity contribution in [1.29, 1.82) is 0 Å². The van der Waals surface area contributed by atoms with Gasteiger partial charge in [-0.3, -0.25) is 4.79 Å². The SMILES string of the molecule is COCCOc1ncccc1C(=O)NCc1ccc(Oc2ccc(F)cc2)cc1. The van der Waals surface area contributed by atoms with E-state index in [0.717, 1.165) is 5.56 Å². The van der Waals surface area contributed by atoms with Gasteiger partial charge in [-0.05, 0) is 54.1 Å². The summed E-state index contributed by atoms with van der Waals surface area (Å²) in [5.74, 6) is 0.837. The van der Waals surface area contributed by atoms with Gasteiger partial charge in [0, 0.05) is 19.9 Å². The van der Waals surface area contributed by atoms with E-state index >= 15 is 0 Å². The summed E-state index contributed by atoms with van der Waals surface area (Å²) >= 11 is 0. The van der Waals surface area contributed by atoms with Crippen molar-refractivity contribution in [2.45, 2.75) is 6.54 Å². The van der Waals surface area contributed by atoms with Crippen LogP contribution in [0.2, 0.25) is 0 Å². The van der Waals surface area contributed by atoms with Gasteiger partial charge < -0.3 is 19.5 Å². The number of benzene rings is 2. The molecule has 0 saturated heterocycles. The normalized spacial score (nSPS) is 10.4. The van der Waals surface area contributed by atoms with E-state index in [1.807, 2.05) is 12.1 Å². The highest BCUT2D eigenvalue weighted by Crippen LogP contribution is 2.22. The molecule has 0 spiro atoms. The number of carbonyl (C=O) groups is 1. The molecule has 3 aromatic rings. The zero-order valence-electron chi connectivity index (χ0n) is 15.9. The van der Waals surface area contributed by atoms with Gasteiger partial charge in [0.1, 0.15) is 29.5 Å². The van der Waals surface area contributed by atoms with Crippen LogP contribution in [-0.2, 0) is 11.3 Å². The van der Waals surface area contributed by atoms with Gasteiger partial charge in [-0.2, -0.15) is 0 Å². The van der Waals surface area contributed by atoms with Crippen LogP contribution in [0.3, 0.4) is 0 Å². The summed E-state index contributed by atoms with van der Waals surface area (Å²) in [6, 6.07) is 16.4. The molecule has 7 heteroatoms. The topological polar surface area (TPSA) is 69.7 Å². The second-order valence-corrected chi connectivity index (χ2v) is 6.08. The van der Waals surface area contributed by atoms with Gasteiger partial charge in [0.25, 0.3) is 5.91 Å². The van der Waals surface area contributed by atoms with Gasteiger partial charge in [0.05, 0.1) is 6.61 Å². The fourth-order valence-electron chi connectivity index (χ4n) is 2.49. The molecule has 2 aromatic carbocycles. The van der Waals surface area contributed by atoms with E-state index in [4.69, 9.17) is 14.2 Å². The summed E-state index contributed by atoms with van der Waals surface area (Å²) < 4.78 is 29.0. The van der Waals surface area contributed by atoms with Crippen LogP contribution in [0.1, 0.15) is 15.9 Å². The zero-order valence-corrected chi connectivity index (χ0v) is 15.9. The number of hydrogen-bond acceptors (Lipinski definition) is 5. The standard InChI is InChI=1S/C22H21FN2O4/c1-27-13-14-28-22-20(3-2-12-24-22)21(26)25-15-16-4-8-18(9-5-16)29-19-10-6-17(23)7-11-19/h2-12H,13-15H2,1H3,(H,25,26). The lowest BCUT2D eigenvalue weighted by Crippen LogP contribution is -2.24. The Morgan fingerprint density at radius 2 is 1.69 bits per heavy atom. The first-order chi connectivity index (χ1) is 14.2. The number of rotatable bonds is 9. The van der Waals surface area contributed by atoms with Crippen molar-refractivity contribution in [1.82, 2.24) is 10.3 Å². The lowest BCUT2D eigenvalue weighted by molar-refractivity contribution is 0.0941. The number of methoxy groups -OCH3 is 1. The van der Waals surface area contributed by atoms with Gasteiger partial charge in [0.15, 0.2) is 0 Å². The van der Waals surface area contributed by atoms with E-state index in [1.54, 1.807) is 49.7 Å². The molecule has 150 valence electrons. The first kappa shape index (κ1) is 20.3. The zero-order chi connectivity index (χ0) is 20.5. The Bertz CT molecular complexity index is 930. The van der Waals surface area contributed by atoms with Gasteiger partial charge in [-0.15, -0.1) is 0 Å². The number of hydrogen-bond donors (Lipinski definition) is 1. The van der Waals surface area contributed by atoms with Gasteiger partial charge in [-0.1, -0.05) is 12.1 Å². The van der Waals surface area contributed by atoms with Crippen molar-refractivity contribution < 1.29 is 23.4 Å². The number of aromatic nitrogens is 1. The van der Waals surface area contributed by atoms with E-state index in [2.05, 4.69) is 10.3 Å². The van der Waals surface area contributed by atoms with Gasteiger partial charge in [-0.25, -0.2) is 9.37 Å². The molecule has 1 heterocycles. The third-order valence-corrected chi connectivity index (χ3v) is 3.97. The third-order valence-electron chi connectivity index (χ3n) is 3.97. The van der Waals surface area contributed by atoms with Crippen LogP contribution in [0.15, 0.2) is 66.9 Å². The fraction of sp³-hybridized carbons (Fsp3) is 0.182. The number of amides is 1. The Labute approximate surface area is 168 Å². The van der Waals surface area contributed by atoms with Crippen LogP contribution in [0.4, 0.5) is 4.39 Å².